The van der Waals surface area contributed by atoms with Crippen molar-refractivity contribution in [3.63, 3.8) is 0 Å². The molecule has 1 aromatic heterocycles. The number of β-amino-alcohol motifs (C(OH)–C–C–N with tert-alkyl or cyclic N) is 1. The van der Waals surface area contributed by atoms with Crippen LogP contribution in [0.3, 0.4) is 0 Å². The number of para-hydroxylation sites is 1. The summed E-state index contributed by atoms with van der Waals surface area (Å²) >= 11 is 0. The molecule has 3 N–H and O–H groups in total. The van der Waals surface area contributed by atoms with Crippen molar-refractivity contribution < 1.29 is 14.6 Å². The SMILES string of the molecule is O=C(Nc1ccc(Oc2ccccc2)cc1)Nc1ccc2nn(CCN3CCC(O)C3)cc2c1. The Labute approximate surface area is 197 Å². The Bertz CT molecular complexity index is 1260. The molecule has 1 atom stereocenters. The lowest BCUT2D eigenvalue weighted by Crippen LogP contribution is -2.26. The van der Waals surface area contributed by atoms with E-state index in [-0.39, 0.29) is 12.1 Å². The van der Waals surface area contributed by atoms with Gasteiger partial charge in [-0.15, -0.1) is 0 Å². The van der Waals surface area contributed by atoms with Gasteiger partial charge in [0.15, 0.2) is 0 Å². The van der Waals surface area contributed by atoms with Gasteiger partial charge < -0.3 is 20.5 Å². The van der Waals surface area contributed by atoms with Crippen molar-refractivity contribution in [2.75, 3.05) is 30.3 Å². The number of nitrogens with one attached hydrogen (secondary N) is 2. The second-order valence-corrected chi connectivity index (χ2v) is 8.43. The van der Waals surface area contributed by atoms with E-state index >= 15 is 0 Å². The predicted octanol–water partition coefficient (Wildman–Crippen LogP) is 4.54. The number of carbonyl (C=O) groups excluding carboxylic acids is 1. The molecule has 2 heterocycles. The smallest absolute Gasteiger partial charge is 0.323 e. The lowest BCUT2D eigenvalue weighted by atomic mass is 10.2. The lowest BCUT2D eigenvalue weighted by Gasteiger charge is -2.14. The number of anilines is 2. The van der Waals surface area contributed by atoms with Crippen LogP contribution in [0.5, 0.6) is 11.5 Å². The van der Waals surface area contributed by atoms with Gasteiger partial charge in [-0.05, 0) is 61.0 Å². The largest absolute Gasteiger partial charge is 0.457 e. The highest BCUT2D eigenvalue weighted by molar-refractivity contribution is 6.00. The van der Waals surface area contributed by atoms with E-state index in [2.05, 4.69) is 20.6 Å². The summed E-state index contributed by atoms with van der Waals surface area (Å²) < 4.78 is 7.69. The van der Waals surface area contributed by atoms with Gasteiger partial charge in [-0.25, -0.2) is 4.79 Å². The van der Waals surface area contributed by atoms with Crippen molar-refractivity contribution in [3.8, 4) is 11.5 Å². The molecule has 0 saturated carbocycles. The van der Waals surface area contributed by atoms with Crippen LogP contribution in [0.15, 0.2) is 79.0 Å². The summed E-state index contributed by atoms with van der Waals surface area (Å²) in [6.07, 6.45) is 2.61. The highest BCUT2D eigenvalue weighted by Gasteiger charge is 2.19. The molecule has 8 heteroatoms. The van der Waals surface area contributed by atoms with Crippen LogP contribution in [0.2, 0.25) is 0 Å². The Morgan fingerprint density at radius 3 is 2.47 bits per heavy atom. The molecule has 1 unspecified atom stereocenters. The summed E-state index contributed by atoms with van der Waals surface area (Å²) in [7, 11) is 0. The van der Waals surface area contributed by atoms with Crippen molar-refractivity contribution in [2.24, 2.45) is 0 Å². The fourth-order valence-corrected chi connectivity index (χ4v) is 4.05. The van der Waals surface area contributed by atoms with Crippen LogP contribution in [-0.4, -0.2) is 51.6 Å². The maximum absolute atomic E-state index is 12.5. The van der Waals surface area contributed by atoms with E-state index in [1.807, 2.05) is 71.5 Å². The van der Waals surface area contributed by atoms with E-state index in [1.54, 1.807) is 12.1 Å². The number of aromatic nitrogens is 2. The third kappa shape index (κ3) is 5.54. The summed E-state index contributed by atoms with van der Waals surface area (Å²) in [6.45, 7) is 3.27. The number of hydrogen-bond acceptors (Lipinski definition) is 5. The van der Waals surface area contributed by atoms with Gasteiger partial charge in [-0.2, -0.15) is 5.10 Å². The Balaban J connectivity index is 1.15. The number of carbonyl (C=O) groups is 1. The highest BCUT2D eigenvalue weighted by atomic mass is 16.5. The summed E-state index contributed by atoms with van der Waals surface area (Å²) in [5.41, 5.74) is 2.23. The van der Waals surface area contributed by atoms with E-state index in [0.717, 1.165) is 49.3 Å². The quantitative estimate of drug-likeness (QED) is 0.379. The number of likely N-dealkylation sites (tertiary alicyclic amines) is 1. The minimum atomic E-state index is -0.323. The molecule has 1 aliphatic heterocycles. The lowest BCUT2D eigenvalue weighted by molar-refractivity contribution is 0.174. The average Bonchev–Trinajstić information content (AvgIpc) is 3.44. The van der Waals surface area contributed by atoms with Crippen molar-refractivity contribution in [2.45, 2.75) is 19.1 Å². The first-order valence-electron chi connectivity index (χ1n) is 11.4. The van der Waals surface area contributed by atoms with Gasteiger partial charge >= 0.3 is 6.03 Å². The van der Waals surface area contributed by atoms with E-state index in [9.17, 15) is 9.90 Å². The van der Waals surface area contributed by atoms with E-state index < -0.39 is 0 Å². The summed E-state index contributed by atoms with van der Waals surface area (Å²) in [6, 6.07) is 22.1. The molecule has 5 rings (SSSR count). The number of aliphatic hydroxyl groups is 1. The fourth-order valence-electron chi connectivity index (χ4n) is 4.05. The first-order valence-corrected chi connectivity index (χ1v) is 11.4. The molecule has 1 fully saturated rings. The topological polar surface area (TPSA) is 91.7 Å². The minimum absolute atomic E-state index is 0.211. The van der Waals surface area contributed by atoms with Crippen molar-refractivity contribution in [1.82, 2.24) is 14.7 Å². The molecular weight excluding hydrogens is 430 g/mol. The molecule has 1 saturated heterocycles. The van der Waals surface area contributed by atoms with E-state index in [4.69, 9.17) is 4.74 Å². The number of aliphatic hydroxyl groups excluding tert-OH is 1. The monoisotopic (exact) mass is 457 g/mol. The third-order valence-electron chi connectivity index (χ3n) is 5.79. The minimum Gasteiger partial charge on any atom is -0.457 e. The van der Waals surface area contributed by atoms with Gasteiger partial charge in [0.1, 0.15) is 11.5 Å². The molecule has 34 heavy (non-hydrogen) atoms. The number of nitrogens with zero attached hydrogens (tertiary/aromatic N) is 3. The molecule has 2 amide bonds. The predicted molar refractivity (Wildman–Crippen MR) is 132 cm³/mol. The van der Waals surface area contributed by atoms with Crippen LogP contribution >= 0.6 is 0 Å². The molecule has 0 bridgehead atoms. The zero-order chi connectivity index (χ0) is 23.3. The maximum atomic E-state index is 12.5. The molecule has 8 nitrogen and oxygen atoms in total. The average molecular weight is 458 g/mol. The fraction of sp³-hybridized carbons (Fsp3) is 0.231. The summed E-state index contributed by atoms with van der Waals surface area (Å²) in [4.78, 5) is 14.7. The van der Waals surface area contributed by atoms with Gasteiger partial charge in [-0.1, -0.05) is 18.2 Å². The number of urea groups is 1. The second kappa shape index (κ2) is 9.94. The zero-order valence-corrected chi connectivity index (χ0v) is 18.7. The van der Waals surface area contributed by atoms with Crippen LogP contribution < -0.4 is 15.4 Å². The van der Waals surface area contributed by atoms with Crippen molar-refractivity contribution >= 4 is 28.3 Å². The van der Waals surface area contributed by atoms with Gasteiger partial charge in [0.05, 0.1) is 18.2 Å². The van der Waals surface area contributed by atoms with Gasteiger partial charge in [0.25, 0.3) is 0 Å². The van der Waals surface area contributed by atoms with Crippen LogP contribution in [0.25, 0.3) is 10.9 Å². The number of ether oxygens (including phenoxy) is 1. The Kier molecular flexibility index (Phi) is 6.42. The van der Waals surface area contributed by atoms with Crippen molar-refractivity contribution in [3.05, 3.63) is 79.0 Å². The van der Waals surface area contributed by atoms with Crippen LogP contribution in [-0.2, 0) is 6.54 Å². The number of amides is 2. The molecule has 0 aliphatic carbocycles. The number of fused-ring (bicyclic) bond motifs is 1. The first-order chi connectivity index (χ1) is 16.6. The standard InChI is InChI=1S/C26H27N5O3/c32-22-12-13-30(18-22)14-15-31-17-19-16-21(8-11-25(19)29-31)28-26(33)27-20-6-9-24(10-7-20)34-23-4-2-1-3-5-23/h1-11,16-17,22,32H,12-15,18H2,(H2,27,28,33). The normalized spacial score (nSPS) is 16.0. The summed E-state index contributed by atoms with van der Waals surface area (Å²) in [5.74, 6) is 1.45. The maximum Gasteiger partial charge on any atom is 0.323 e. The number of rotatable bonds is 7. The molecule has 3 aromatic carbocycles. The Morgan fingerprint density at radius 1 is 0.971 bits per heavy atom. The molecule has 1 aliphatic rings. The van der Waals surface area contributed by atoms with E-state index in [0.29, 0.717) is 17.1 Å². The number of benzene rings is 3. The zero-order valence-electron chi connectivity index (χ0n) is 18.7. The molecular formula is C26H27N5O3. The Hall–Kier alpha value is -3.88. The molecule has 174 valence electrons. The second-order valence-electron chi connectivity index (χ2n) is 8.43. The summed E-state index contributed by atoms with van der Waals surface area (Å²) in [5, 5.41) is 20.9. The van der Waals surface area contributed by atoms with E-state index in [1.165, 1.54) is 0 Å². The van der Waals surface area contributed by atoms with Crippen molar-refractivity contribution in [1.29, 1.82) is 0 Å². The van der Waals surface area contributed by atoms with Crippen LogP contribution in [0.1, 0.15) is 6.42 Å². The van der Waals surface area contributed by atoms with Gasteiger partial charge in [0.2, 0.25) is 0 Å². The number of hydrogen-bond donors (Lipinski definition) is 3. The Morgan fingerprint density at radius 2 is 1.71 bits per heavy atom. The molecule has 0 spiro atoms. The third-order valence-corrected chi connectivity index (χ3v) is 5.79. The molecule has 0 radical (unpaired) electrons. The molecule has 4 aromatic rings. The van der Waals surface area contributed by atoms with Gasteiger partial charge in [0, 0.05) is 42.6 Å². The van der Waals surface area contributed by atoms with Gasteiger partial charge in [-0.3, -0.25) is 9.58 Å². The van der Waals surface area contributed by atoms with Crippen LogP contribution in [0, 0.1) is 0 Å². The highest BCUT2D eigenvalue weighted by Crippen LogP contribution is 2.23. The van der Waals surface area contributed by atoms with Crippen LogP contribution in [0.4, 0.5) is 16.2 Å². The first kappa shape index (κ1) is 21.9.